The topological polar surface area (TPSA) is 52.9 Å². The number of likely N-dealkylation sites (N-methyl/N-ethyl adjacent to an activating group) is 1. The molecule has 0 spiro atoms. The van der Waals surface area contributed by atoms with Gasteiger partial charge >= 0.3 is 0 Å². The zero-order valence-electron chi connectivity index (χ0n) is 19.6. The molecule has 0 saturated carbocycles. The van der Waals surface area contributed by atoms with Crippen molar-refractivity contribution in [3.05, 3.63) is 90.0 Å². The Hall–Kier alpha value is -3.50. The molecule has 4 nitrogen and oxygen atoms in total. The van der Waals surface area contributed by atoms with Gasteiger partial charge in [-0.1, -0.05) is 48.9 Å². The van der Waals surface area contributed by atoms with Crippen LogP contribution in [0.5, 0.6) is 17.2 Å². The number of hydrogen-bond acceptors (Lipinski definition) is 4. The smallest absolute Gasteiger partial charge is 0.119 e. The van der Waals surface area contributed by atoms with E-state index in [1.807, 2.05) is 24.3 Å². The predicted octanol–water partition coefficient (Wildman–Crippen LogP) is 6.37. The van der Waals surface area contributed by atoms with Crippen molar-refractivity contribution < 1.29 is 14.9 Å². The highest BCUT2D eigenvalue weighted by atomic mass is 16.5. The highest BCUT2D eigenvalue weighted by Gasteiger charge is 2.19. The maximum absolute atomic E-state index is 9.97. The molecule has 1 aliphatic heterocycles. The normalized spacial score (nSPS) is 16.6. The van der Waals surface area contributed by atoms with Crippen LogP contribution in [0.4, 0.5) is 0 Å². The summed E-state index contributed by atoms with van der Waals surface area (Å²) in [6.45, 7) is 1.88. The number of piperidine rings is 1. The molecule has 0 radical (unpaired) electrons. The van der Waals surface area contributed by atoms with Gasteiger partial charge in [-0.25, -0.2) is 0 Å². The molecule has 0 amide bonds. The van der Waals surface area contributed by atoms with Crippen LogP contribution >= 0.6 is 0 Å². The summed E-state index contributed by atoms with van der Waals surface area (Å²) in [6, 6.07) is 25.9. The highest BCUT2D eigenvalue weighted by Crippen LogP contribution is 2.34. The number of aromatic hydroxyl groups is 2. The second-order valence-electron chi connectivity index (χ2n) is 9.31. The fourth-order valence-corrected chi connectivity index (χ4v) is 4.94. The van der Waals surface area contributed by atoms with Crippen LogP contribution in [-0.2, 0) is 6.42 Å². The van der Waals surface area contributed by atoms with Gasteiger partial charge in [0.05, 0.1) is 0 Å². The number of benzene rings is 4. The number of nitrogens with zero attached hydrogens (tertiary/aromatic N) is 1. The zero-order valence-corrected chi connectivity index (χ0v) is 19.6. The van der Waals surface area contributed by atoms with Gasteiger partial charge in [-0.2, -0.15) is 0 Å². The quantitative estimate of drug-likeness (QED) is 0.356. The van der Waals surface area contributed by atoms with Crippen LogP contribution in [0, 0.1) is 0 Å². The van der Waals surface area contributed by atoms with Gasteiger partial charge in [-0.3, -0.25) is 0 Å². The molecule has 1 atom stereocenters. The molecular formula is C30H31NO3. The molecule has 4 aromatic carbocycles. The van der Waals surface area contributed by atoms with Crippen molar-refractivity contribution in [2.75, 3.05) is 20.2 Å². The largest absolute Gasteiger partial charge is 0.508 e. The first-order valence-corrected chi connectivity index (χ1v) is 12.0. The standard InChI is InChI=1S/C30H31NO3/c1-31-17-3-2-4-24(31)20-34-27-13-5-21(6-14-27)18-30-28(22-7-10-25(32)11-8-22)15-9-23-19-26(33)12-16-29(23)30/h5-16,19,24,32-33H,2-4,17-18,20H2,1H3. The van der Waals surface area contributed by atoms with E-state index in [1.165, 1.54) is 30.4 Å². The lowest BCUT2D eigenvalue weighted by atomic mass is 9.90. The monoisotopic (exact) mass is 453 g/mol. The van der Waals surface area contributed by atoms with E-state index in [0.29, 0.717) is 6.04 Å². The van der Waals surface area contributed by atoms with E-state index in [0.717, 1.165) is 47.2 Å². The summed E-state index contributed by atoms with van der Waals surface area (Å²) >= 11 is 0. The van der Waals surface area contributed by atoms with Crippen molar-refractivity contribution in [3.8, 4) is 28.4 Å². The van der Waals surface area contributed by atoms with Gasteiger partial charge < -0.3 is 19.8 Å². The van der Waals surface area contributed by atoms with Crippen molar-refractivity contribution in [2.24, 2.45) is 0 Å². The second kappa shape index (κ2) is 9.78. The van der Waals surface area contributed by atoms with Crippen LogP contribution in [0.2, 0.25) is 0 Å². The molecule has 1 heterocycles. The molecule has 5 rings (SSSR count). The average molecular weight is 454 g/mol. The molecule has 4 heteroatoms. The number of likely N-dealkylation sites (tertiary alicyclic amines) is 1. The first kappa shape index (κ1) is 22.3. The van der Waals surface area contributed by atoms with Crippen LogP contribution in [-0.4, -0.2) is 41.4 Å². The van der Waals surface area contributed by atoms with Gasteiger partial charge in [0, 0.05) is 6.04 Å². The number of ether oxygens (including phenoxy) is 1. The summed E-state index contributed by atoms with van der Waals surface area (Å²) in [4.78, 5) is 2.40. The molecule has 4 aromatic rings. The molecule has 1 saturated heterocycles. The molecule has 1 fully saturated rings. The van der Waals surface area contributed by atoms with Gasteiger partial charge in [0.2, 0.25) is 0 Å². The van der Waals surface area contributed by atoms with Crippen LogP contribution in [0.1, 0.15) is 30.4 Å². The van der Waals surface area contributed by atoms with Gasteiger partial charge in [0.25, 0.3) is 0 Å². The van der Waals surface area contributed by atoms with Crippen LogP contribution in [0.25, 0.3) is 21.9 Å². The molecule has 1 unspecified atom stereocenters. The van der Waals surface area contributed by atoms with Crippen molar-refractivity contribution in [2.45, 2.75) is 31.7 Å². The summed E-state index contributed by atoms with van der Waals surface area (Å²) in [5.41, 5.74) is 4.57. The summed E-state index contributed by atoms with van der Waals surface area (Å²) < 4.78 is 6.12. The Morgan fingerprint density at radius 1 is 0.853 bits per heavy atom. The lowest BCUT2D eigenvalue weighted by Crippen LogP contribution is -2.40. The van der Waals surface area contributed by atoms with E-state index < -0.39 is 0 Å². The first-order valence-electron chi connectivity index (χ1n) is 12.0. The highest BCUT2D eigenvalue weighted by molar-refractivity contribution is 5.93. The van der Waals surface area contributed by atoms with E-state index in [9.17, 15) is 10.2 Å². The third-order valence-electron chi connectivity index (χ3n) is 6.96. The van der Waals surface area contributed by atoms with Crippen LogP contribution in [0.15, 0.2) is 78.9 Å². The molecule has 0 aliphatic carbocycles. The minimum absolute atomic E-state index is 0.256. The molecule has 0 bridgehead atoms. The van der Waals surface area contributed by atoms with E-state index >= 15 is 0 Å². The van der Waals surface area contributed by atoms with Crippen molar-refractivity contribution in [3.63, 3.8) is 0 Å². The average Bonchev–Trinajstić information content (AvgIpc) is 2.85. The Morgan fingerprint density at radius 2 is 1.62 bits per heavy atom. The van der Waals surface area contributed by atoms with Crippen LogP contribution < -0.4 is 4.74 Å². The summed E-state index contributed by atoms with van der Waals surface area (Å²) in [5, 5.41) is 21.8. The fraction of sp³-hybridized carbons (Fsp3) is 0.267. The Kier molecular flexibility index (Phi) is 6.41. The lowest BCUT2D eigenvalue weighted by Gasteiger charge is -2.32. The number of phenols is 2. The van der Waals surface area contributed by atoms with Crippen molar-refractivity contribution >= 4 is 10.8 Å². The maximum Gasteiger partial charge on any atom is 0.119 e. The van der Waals surface area contributed by atoms with E-state index in [4.69, 9.17) is 4.74 Å². The molecule has 2 N–H and O–H groups in total. The van der Waals surface area contributed by atoms with E-state index in [2.05, 4.69) is 42.3 Å². The van der Waals surface area contributed by atoms with Gasteiger partial charge in [0.1, 0.15) is 23.9 Å². The minimum atomic E-state index is 0.256. The van der Waals surface area contributed by atoms with Crippen LogP contribution in [0.3, 0.4) is 0 Å². The van der Waals surface area contributed by atoms with Gasteiger partial charge in [-0.15, -0.1) is 0 Å². The third kappa shape index (κ3) is 4.87. The van der Waals surface area contributed by atoms with E-state index in [1.54, 1.807) is 24.3 Å². The summed E-state index contributed by atoms with van der Waals surface area (Å²) in [5.74, 6) is 1.43. The Morgan fingerprint density at radius 3 is 2.38 bits per heavy atom. The van der Waals surface area contributed by atoms with E-state index in [-0.39, 0.29) is 11.5 Å². The third-order valence-corrected chi connectivity index (χ3v) is 6.96. The van der Waals surface area contributed by atoms with Crippen molar-refractivity contribution in [1.29, 1.82) is 0 Å². The number of rotatable bonds is 6. The van der Waals surface area contributed by atoms with Gasteiger partial charge in [-0.05, 0) is 102 Å². The Balaban J connectivity index is 1.41. The molecule has 1 aliphatic rings. The Labute approximate surface area is 201 Å². The predicted molar refractivity (Wildman–Crippen MR) is 138 cm³/mol. The number of phenolic OH excluding ortho intramolecular Hbond substituents is 2. The fourth-order valence-electron chi connectivity index (χ4n) is 4.94. The molecule has 34 heavy (non-hydrogen) atoms. The SMILES string of the molecule is CN1CCCCC1COc1ccc(Cc2c(-c3ccc(O)cc3)ccc3cc(O)ccc23)cc1. The lowest BCUT2D eigenvalue weighted by molar-refractivity contribution is 0.125. The maximum atomic E-state index is 9.97. The molecule has 0 aromatic heterocycles. The zero-order chi connectivity index (χ0) is 23.5. The Bertz CT molecular complexity index is 1260. The van der Waals surface area contributed by atoms with Crippen molar-refractivity contribution in [1.82, 2.24) is 4.90 Å². The number of fused-ring (bicyclic) bond motifs is 1. The number of hydrogen-bond donors (Lipinski definition) is 2. The second-order valence-corrected chi connectivity index (χ2v) is 9.31. The minimum Gasteiger partial charge on any atom is -0.508 e. The summed E-state index contributed by atoms with van der Waals surface area (Å²) in [7, 11) is 2.19. The first-order chi connectivity index (χ1) is 16.6. The molecule has 174 valence electrons. The summed E-state index contributed by atoms with van der Waals surface area (Å²) in [6.07, 6.45) is 4.51. The molecular weight excluding hydrogens is 422 g/mol. The van der Waals surface area contributed by atoms with Gasteiger partial charge in [0.15, 0.2) is 0 Å².